The summed E-state index contributed by atoms with van der Waals surface area (Å²) in [5.41, 5.74) is 0. The SMILES string of the molecule is COC(=O)C(S)=C(C)S. The average Bonchev–Trinajstić information content (AvgIpc) is 1.84. The fourth-order valence-electron chi connectivity index (χ4n) is 0.244. The van der Waals surface area contributed by atoms with E-state index >= 15 is 0 Å². The van der Waals surface area contributed by atoms with Gasteiger partial charge in [0, 0.05) is 0 Å². The third-order valence-corrected chi connectivity index (χ3v) is 1.64. The molecule has 0 aromatic carbocycles. The van der Waals surface area contributed by atoms with Crippen LogP contribution in [0, 0.1) is 0 Å². The minimum Gasteiger partial charge on any atom is -0.465 e. The molecule has 0 bridgehead atoms. The van der Waals surface area contributed by atoms with Crippen molar-refractivity contribution in [1.29, 1.82) is 0 Å². The Bertz CT molecular complexity index is 147. The molecule has 0 unspecified atom stereocenters. The second-order valence-corrected chi connectivity index (χ2v) is 2.54. The van der Waals surface area contributed by atoms with E-state index in [1.165, 1.54) is 7.11 Å². The van der Waals surface area contributed by atoms with Crippen LogP contribution in [0.1, 0.15) is 6.92 Å². The van der Waals surface area contributed by atoms with Gasteiger partial charge in [-0.3, -0.25) is 0 Å². The van der Waals surface area contributed by atoms with Crippen LogP contribution in [0.15, 0.2) is 9.81 Å². The standard InChI is InChI=1S/C5H8O2S2/c1-3(8)4(9)5(6)7-2/h8-9H,1-2H3. The summed E-state index contributed by atoms with van der Waals surface area (Å²) in [5, 5.41) is 0. The summed E-state index contributed by atoms with van der Waals surface area (Å²) in [6.07, 6.45) is 0. The van der Waals surface area contributed by atoms with E-state index in [9.17, 15) is 4.79 Å². The Morgan fingerprint density at radius 3 is 2.00 bits per heavy atom. The number of ether oxygens (including phenoxy) is 1. The zero-order valence-corrected chi connectivity index (χ0v) is 7.00. The highest BCUT2D eigenvalue weighted by Gasteiger charge is 2.04. The maximum absolute atomic E-state index is 10.5. The molecule has 0 radical (unpaired) electrons. The molecule has 52 valence electrons. The molecule has 0 amide bonds. The van der Waals surface area contributed by atoms with Gasteiger partial charge in [0.2, 0.25) is 0 Å². The molecule has 0 saturated heterocycles. The van der Waals surface area contributed by atoms with Gasteiger partial charge in [0.25, 0.3) is 0 Å². The molecule has 0 spiro atoms. The van der Waals surface area contributed by atoms with E-state index in [2.05, 4.69) is 30.0 Å². The quantitative estimate of drug-likeness (QED) is 0.346. The first-order valence-corrected chi connectivity index (χ1v) is 3.16. The van der Waals surface area contributed by atoms with Crippen molar-refractivity contribution in [2.45, 2.75) is 6.92 Å². The lowest BCUT2D eigenvalue weighted by molar-refractivity contribution is -0.135. The Morgan fingerprint density at radius 2 is 1.89 bits per heavy atom. The van der Waals surface area contributed by atoms with E-state index in [-0.39, 0.29) is 4.91 Å². The van der Waals surface area contributed by atoms with Crippen molar-refractivity contribution in [2.24, 2.45) is 0 Å². The number of carbonyl (C=O) groups is 1. The Labute approximate surface area is 65.1 Å². The van der Waals surface area contributed by atoms with Crippen LogP contribution in [0.2, 0.25) is 0 Å². The van der Waals surface area contributed by atoms with Crippen LogP contribution >= 0.6 is 25.3 Å². The Kier molecular flexibility index (Phi) is 3.81. The minimum atomic E-state index is -0.453. The van der Waals surface area contributed by atoms with Crippen LogP contribution in [0.25, 0.3) is 0 Å². The summed E-state index contributed by atoms with van der Waals surface area (Å²) in [6.45, 7) is 1.67. The number of allylic oxidation sites excluding steroid dienone is 1. The van der Waals surface area contributed by atoms with E-state index in [4.69, 9.17) is 0 Å². The highest BCUT2D eigenvalue weighted by molar-refractivity contribution is 7.89. The maximum Gasteiger partial charge on any atom is 0.344 e. The number of rotatable bonds is 1. The molecule has 0 heterocycles. The van der Waals surface area contributed by atoms with Gasteiger partial charge in [-0.15, -0.1) is 25.3 Å². The average molecular weight is 164 g/mol. The maximum atomic E-state index is 10.5. The van der Waals surface area contributed by atoms with Gasteiger partial charge >= 0.3 is 5.97 Å². The summed E-state index contributed by atoms with van der Waals surface area (Å²) < 4.78 is 4.35. The molecule has 0 aliphatic rings. The van der Waals surface area contributed by atoms with E-state index < -0.39 is 5.97 Å². The van der Waals surface area contributed by atoms with Gasteiger partial charge in [0.15, 0.2) is 0 Å². The van der Waals surface area contributed by atoms with Gasteiger partial charge in [-0.1, -0.05) is 0 Å². The van der Waals surface area contributed by atoms with Crippen LogP contribution in [-0.2, 0) is 9.53 Å². The number of carbonyl (C=O) groups excluding carboxylic acids is 1. The summed E-state index contributed by atoms with van der Waals surface area (Å²) >= 11 is 7.72. The molecule has 4 heteroatoms. The lowest BCUT2D eigenvalue weighted by Crippen LogP contribution is -2.00. The first-order valence-electron chi connectivity index (χ1n) is 2.26. The summed E-state index contributed by atoms with van der Waals surface area (Å²) in [7, 11) is 1.30. The summed E-state index contributed by atoms with van der Waals surface area (Å²) in [6, 6.07) is 0. The van der Waals surface area contributed by atoms with E-state index in [0.717, 1.165) is 0 Å². The molecule has 0 aromatic rings. The van der Waals surface area contributed by atoms with Crippen molar-refractivity contribution < 1.29 is 9.53 Å². The van der Waals surface area contributed by atoms with Gasteiger partial charge in [-0.25, -0.2) is 4.79 Å². The largest absolute Gasteiger partial charge is 0.465 e. The normalized spacial score (nSPS) is 12.4. The predicted octanol–water partition coefficient (Wildman–Crippen LogP) is 1.25. The molecule has 0 aliphatic heterocycles. The topological polar surface area (TPSA) is 26.3 Å². The summed E-state index contributed by atoms with van der Waals surface area (Å²) in [5.74, 6) is -0.453. The van der Waals surface area contributed by atoms with Crippen molar-refractivity contribution >= 4 is 31.2 Å². The van der Waals surface area contributed by atoms with Gasteiger partial charge in [0.1, 0.15) is 0 Å². The number of hydrogen-bond donors (Lipinski definition) is 2. The zero-order valence-electron chi connectivity index (χ0n) is 5.21. The zero-order chi connectivity index (χ0) is 7.44. The molecule has 0 aliphatic carbocycles. The minimum absolute atomic E-state index is 0.251. The lowest BCUT2D eigenvalue weighted by atomic mass is 10.5. The molecular weight excluding hydrogens is 156 g/mol. The van der Waals surface area contributed by atoms with Crippen LogP contribution in [-0.4, -0.2) is 13.1 Å². The third kappa shape index (κ3) is 2.81. The molecule has 0 saturated carbocycles. The van der Waals surface area contributed by atoms with Crippen molar-refractivity contribution in [1.82, 2.24) is 0 Å². The third-order valence-electron chi connectivity index (χ3n) is 0.721. The lowest BCUT2D eigenvalue weighted by Gasteiger charge is -1.97. The molecule has 9 heavy (non-hydrogen) atoms. The Morgan fingerprint density at radius 1 is 1.44 bits per heavy atom. The molecular formula is C5H8O2S2. The van der Waals surface area contributed by atoms with Gasteiger partial charge in [-0.2, -0.15) is 0 Å². The fourth-order valence-corrected chi connectivity index (χ4v) is 0.427. The van der Waals surface area contributed by atoms with Crippen LogP contribution < -0.4 is 0 Å². The van der Waals surface area contributed by atoms with Crippen molar-refractivity contribution in [3.05, 3.63) is 9.81 Å². The van der Waals surface area contributed by atoms with Crippen LogP contribution in [0.4, 0.5) is 0 Å². The number of hydrogen-bond acceptors (Lipinski definition) is 4. The molecule has 0 fully saturated rings. The fraction of sp³-hybridized carbons (Fsp3) is 0.400. The molecule has 0 N–H and O–H groups in total. The van der Waals surface area contributed by atoms with E-state index in [0.29, 0.717) is 4.91 Å². The van der Waals surface area contributed by atoms with Gasteiger partial charge in [-0.05, 0) is 11.8 Å². The highest BCUT2D eigenvalue weighted by atomic mass is 32.1. The number of thiol groups is 2. The number of methoxy groups -OCH3 is 1. The van der Waals surface area contributed by atoms with Gasteiger partial charge < -0.3 is 4.74 Å². The van der Waals surface area contributed by atoms with E-state index in [1.54, 1.807) is 6.92 Å². The molecule has 0 rings (SSSR count). The van der Waals surface area contributed by atoms with Crippen LogP contribution in [0.5, 0.6) is 0 Å². The first-order chi connectivity index (χ1) is 4.09. The molecule has 0 aromatic heterocycles. The van der Waals surface area contributed by atoms with E-state index in [1.807, 2.05) is 0 Å². The Hall–Kier alpha value is -0.0900. The number of esters is 1. The highest BCUT2D eigenvalue weighted by Crippen LogP contribution is 2.12. The smallest absolute Gasteiger partial charge is 0.344 e. The Balaban J connectivity index is 4.21. The van der Waals surface area contributed by atoms with Crippen LogP contribution in [0.3, 0.4) is 0 Å². The second-order valence-electron chi connectivity index (χ2n) is 1.43. The van der Waals surface area contributed by atoms with Crippen molar-refractivity contribution in [3.63, 3.8) is 0 Å². The molecule has 2 nitrogen and oxygen atoms in total. The molecule has 0 atom stereocenters. The second kappa shape index (κ2) is 3.85. The monoisotopic (exact) mass is 164 g/mol. The van der Waals surface area contributed by atoms with Gasteiger partial charge in [0.05, 0.1) is 12.0 Å². The summed E-state index contributed by atoms with van der Waals surface area (Å²) in [4.78, 5) is 11.4. The van der Waals surface area contributed by atoms with Crippen molar-refractivity contribution in [2.75, 3.05) is 7.11 Å². The first kappa shape index (κ1) is 8.91. The van der Waals surface area contributed by atoms with Crippen molar-refractivity contribution in [3.8, 4) is 0 Å². The predicted molar refractivity (Wildman–Crippen MR) is 42.7 cm³/mol.